The van der Waals surface area contributed by atoms with Crippen LogP contribution in [0.2, 0.25) is 0 Å². The van der Waals surface area contributed by atoms with Crippen molar-refractivity contribution in [2.24, 2.45) is 0 Å². The summed E-state index contributed by atoms with van der Waals surface area (Å²) in [5.74, 6) is -0.593. The summed E-state index contributed by atoms with van der Waals surface area (Å²) in [4.78, 5) is 23.4. The van der Waals surface area contributed by atoms with Gasteiger partial charge < -0.3 is 10.6 Å². The molecular weight excluding hydrogens is 318 g/mol. The van der Waals surface area contributed by atoms with E-state index < -0.39 is 0 Å². The second-order valence-corrected chi connectivity index (χ2v) is 6.68. The highest BCUT2D eigenvalue weighted by Gasteiger charge is 2.13. The van der Waals surface area contributed by atoms with Gasteiger partial charge in [-0.2, -0.15) is 0 Å². The van der Waals surface area contributed by atoms with Gasteiger partial charge in [0.1, 0.15) is 5.69 Å². The van der Waals surface area contributed by atoms with Crippen molar-refractivity contribution in [3.05, 3.63) is 53.9 Å². The van der Waals surface area contributed by atoms with Crippen LogP contribution in [0.5, 0.6) is 0 Å². The first-order valence-corrected chi connectivity index (χ1v) is 8.03. The van der Waals surface area contributed by atoms with Gasteiger partial charge in [-0.15, -0.1) is 5.10 Å². The molecule has 0 aliphatic carbocycles. The minimum atomic E-state index is -0.360. The third kappa shape index (κ3) is 6.99. The normalized spacial score (nSPS) is 11.5. The Bertz CT molecular complexity index is 744. The first-order valence-electron chi connectivity index (χ1n) is 8.03. The minimum absolute atomic E-state index is 0.0683. The molecule has 0 fully saturated rings. The highest BCUT2D eigenvalue weighted by Crippen LogP contribution is 2.03. The highest BCUT2D eigenvalue weighted by atomic mass is 16.2. The van der Waals surface area contributed by atoms with Crippen LogP contribution in [0.4, 0.5) is 0 Å². The van der Waals surface area contributed by atoms with Crippen molar-refractivity contribution >= 4 is 17.9 Å². The molecular formula is C18H23N5O2. The molecule has 2 N–H and O–H groups in total. The summed E-state index contributed by atoms with van der Waals surface area (Å²) in [6, 6.07) is 9.90. The molecule has 0 saturated heterocycles. The van der Waals surface area contributed by atoms with Crippen LogP contribution in [0.3, 0.4) is 0 Å². The van der Waals surface area contributed by atoms with Gasteiger partial charge >= 0.3 is 0 Å². The Labute approximate surface area is 147 Å². The van der Waals surface area contributed by atoms with E-state index in [0.717, 1.165) is 5.56 Å². The number of hydrogen-bond donors (Lipinski definition) is 2. The molecule has 1 heterocycles. The van der Waals surface area contributed by atoms with Gasteiger partial charge in [0.15, 0.2) is 0 Å². The molecule has 0 saturated carbocycles. The van der Waals surface area contributed by atoms with Gasteiger partial charge in [0, 0.05) is 11.6 Å². The van der Waals surface area contributed by atoms with Crippen LogP contribution in [0.25, 0.3) is 6.08 Å². The molecule has 1 aromatic carbocycles. The quantitative estimate of drug-likeness (QED) is 0.777. The van der Waals surface area contributed by atoms with Crippen LogP contribution >= 0.6 is 0 Å². The van der Waals surface area contributed by atoms with E-state index >= 15 is 0 Å². The van der Waals surface area contributed by atoms with Crippen molar-refractivity contribution < 1.29 is 9.59 Å². The van der Waals surface area contributed by atoms with E-state index in [2.05, 4.69) is 20.9 Å². The van der Waals surface area contributed by atoms with Crippen molar-refractivity contribution in [2.75, 3.05) is 6.54 Å². The molecule has 132 valence electrons. The van der Waals surface area contributed by atoms with Gasteiger partial charge in [0.05, 0.1) is 19.3 Å². The Hall–Kier alpha value is -2.96. The van der Waals surface area contributed by atoms with Crippen LogP contribution in [0.1, 0.15) is 32.0 Å². The van der Waals surface area contributed by atoms with Gasteiger partial charge in [0.2, 0.25) is 11.8 Å². The van der Waals surface area contributed by atoms with E-state index in [1.165, 1.54) is 6.08 Å². The van der Waals surface area contributed by atoms with E-state index in [0.29, 0.717) is 12.2 Å². The monoisotopic (exact) mass is 341 g/mol. The molecule has 2 amide bonds. The second kappa shape index (κ2) is 8.23. The van der Waals surface area contributed by atoms with Gasteiger partial charge in [-0.25, -0.2) is 4.68 Å². The Balaban J connectivity index is 1.81. The molecule has 0 aliphatic rings. The zero-order valence-electron chi connectivity index (χ0n) is 14.7. The largest absolute Gasteiger partial charge is 0.350 e. The molecule has 2 aromatic rings. The summed E-state index contributed by atoms with van der Waals surface area (Å²) in [5.41, 5.74) is 1.37. The molecule has 0 radical (unpaired) electrons. The van der Waals surface area contributed by atoms with Crippen LogP contribution < -0.4 is 10.6 Å². The number of rotatable bonds is 6. The fourth-order valence-corrected chi connectivity index (χ4v) is 2.09. The Morgan fingerprint density at radius 3 is 2.60 bits per heavy atom. The first kappa shape index (κ1) is 18.4. The Morgan fingerprint density at radius 2 is 1.92 bits per heavy atom. The average molecular weight is 341 g/mol. The summed E-state index contributed by atoms with van der Waals surface area (Å²) >= 11 is 0. The van der Waals surface area contributed by atoms with E-state index in [9.17, 15) is 9.59 Å². The fourth-order valence-electron chi connectivity index (χ4n) is 2.09. The zero-order valence-corrected chi connectivity index (χ0v) is 14.7. The fraction of sp³-hybridized carbons (Fsp3) is 0.333. The lowest BCUT2D eigenvalue weighted by Gasteiger charge is -2.20. The molecule has 0 aliphatic heterocycles. The first-order chi connectivity index (χ1) is 11.8. The van der Waals surface area contributed by atoms with Crippen LogP contribution in [0.15, 0.2) is 42.6 Å². The topological polar surface area (TPSA) is 88.9 Å². The molecule has 0 atom stereocenters. The lowest BCUT2D eigenvalue weighted by Crippen LogP contribution is -2.45. The Morgan fingerprint density at radius 1 is 1.20 bits per heavy atom. The van der Waals surface area contributed by atoms with Crippen molar-refractivity contribution in [1.82, 2.24) is 25.6 Å². The molecule has 7 heteroatoms. The number of benzene rings is 1. The smallest absolute Gasteiger partial charge is 0.244 e. The standard InChI is InChI=1S/C18H23N5O2/c1-18(2,3)20-17(25)11-19-16(24)10-9-15-13-23(22-21-15)12-14-7-5-4-6-8-14/h4-10,13H,11-12H2,1-3H3,(H,19,24)(H,20,25)/b10-9+. The number of hydrogen-bond acceptors (Lipinski definition) is 4. The van der Waals surface area contributed by atoms with E-state index in [1.54, 1.807) is 17.0 Å². The lowest BCUT2D eigenvalue weighted by atomic mass is 10.1. The summed E-state index contributed by atoms with van der Waals surface area (Å²) in [6.07, 6.45) is 4.65. The van der Waals surface area contributed by atoms with Crippen molar-refractivity contribution in [2.45, 2.75) is 32.9 Å². The highest BCUT2D eigenvalue weighted by molar-refractivity contribution is 5.94. The number of amides is 2. The summed E-state index contributed by atoms with van der Waals surface area (Å²) in [6.45, 7) is 6.18. The van der Waals surface area contributed by atoms with Crippen molar-refractivity contribution in [3.63, 3.8) is 0 Å². The molecule has 1 aromatic heterocycles. The van der Waals surface area contributed by atoms with Crippen molar-refractivity contribution in [1.29, 1.82) is 0 Å². The van der Waals surface area contributed by atoms with Crippen LogP contribution in [-0.2, 0) is 16.1 Å². The Kier molecular flexibility index (Phi) is 6.05. The minimum Gasteiger partial charge on any atom is -0.350 e. The summed E-state index contributed by atoms with van der Waals surface area (Å²) < 4.78 is 1.70. The van der Waals surface area contributed by atoms with Gasteiger partial charge in [-0.05, 0) is 32.4 Å². The number of carbonyl (C=O) groups excluding carboxylic acids is 2. The zero-order chi connectivity index (χ0) is 18.3. The summed E-state index contributed by atoms with van der Waals surface area (Å²) in [5, 5.41) is 13.3. The molecule has 7 nitrogen and oxygen atoms in total. The van der Waals surface area contributed by atoms with E-state index in [-0.39, 0.29) is 23.9 Å². The maximum Gasteiger partial charge on any atom is 0.244 e. The maximum absolute atomic E-state index is 11.8. The summed E-state index contributed by atoms with van der Waals surface area (Å²) in [7, 11) is 0. The lowest BCUT2D eigenvalue weighted by molar-refractivity contribution is -0.124. The van der Waals surface area contributed by atoms with Gasteiger partial charge in [-0.3, -0.25) is 9.59 Å². The average Bonchev–Trinajstić information content (AvgIpc) is 2.98. The molecule has 0 bridgehead atoms. The molecule has 2 rings (SSSR count). The molecule has 0 spiro atoms. The third-order valence-electron chi connectivity index (χ3n) is 3.09. The number of nitrogens with zero attached hydrogens (tertiary/aromatic N) is 3. The maximum atomic E-state index is 11.8. The number of carbonyl (C=O) groups is 2. The predicted molar refractivity (Wildman–Crippen MR) is 95.5 cm³/mol. The van der Waals surface area contributed by atoms with Gasteiger partial charge in [0.25, 0.3) is 0 Å². The van der Waals surface area contributed by atoms with E-state index in [1.807, 2.05) is 51.1 Å². The van der Waals surface area contributed by atoms with Crippen LogP contribution in [-0.4, -0.2) is 38.9 Å². The SMILES string of the molecule is CC(C)(C)NC(=O)CNC(=O)/C=C/c1cn(Cc2ccccc2)nn1. The second-order valence-electron chi connectivity index (χ2n) is 6.68. The van der Waals surface area contributed by atoms with Crippen molar-refractivity contribution in [3.8, 4) is 0 Å². The van der Waals surface area contributed by atoms with Gasteiger partial charge in [-0.1, -0.05) is 35.5 Å². The molecule has 0 unspecified atom stereocenters. The number of nitrogens with one attached hydrogen (secondary N) is 2. The predicted octanol–water partition coefficient (Wildman–Crippen LogP) is 1.37. The number of aromatic nitrogens is 3. The van der Waals surface area contributed by atoms with Crippen LogP contribution in [0, 0.1) is 0 Å². The van der Waals surface area contributed by atoms with E-state index in [4.69, 9.17) is 0 Å². The molecule has 25 heavy (non-hydrogen) atoms. The third-order valence-corrected chi connectivity index (χ3v) is 3.09.